The minimum Gasteiger partial charge on any atom is -0.481 e. The monoisotopic (exact) mass is 395 g/mol. The second-order valence-electron chi connectivity index (χ2n) is 4.44. The largest absolute Gasteiger partial charge is 0.481 e. The molecular weight excluding hydrogens is 381 g/mol. The lowest BCUT2D eigenvalue weighted by Crippen LogP contribution is -2.37. The van der Waals surface area contributed by atoms with E-state index in [4.69, 9.17) is 9.84 Å². The van der Waals surface area contributed by atoms with E-state index in [-0.39, 0.29) is 24.5 Å². The zero-order chi connectivity index (χ0) is 14.0. The van der Waals surface area contributed by atoms with Gasteiger partial charge in [-0.15, -0.1) is 11.3 Å². The van der Waals surface area contributed by atoms with Crippen LogP contribution in [0.4, 0.5) is 0 Å². The lowest BCUT2D eigenvalue weighted by atomic mass is 10.1. The van der Waals surface area contributed by atoms with Gasteiger partial charge in [-0.1, -0.05) is 0 Å². The normalized spacial score (nSPS) is 22.7. The third-order valence-electron chi connectivity index (χ3n) is 3.19. The van der Waals surface area contributed by atoms with Gasteiger partial charge in [-0.3, -0.25) is 9.59 Å². The average Bonchev–Trinajstić information content (AvgIpc) is 2.94. The van der Waals surface area contributed by atoms with Crippen LogP contribution in [0.5, 0.6) is 0 Å². The quantitative estimate of drug-likeness (QED) is 0.793. The predicted molar refractivity (Wildman–Crippen MR) is 79.5 cm³/mol. The van der Waals surface area contributed by atoms with Crippen LogP contribution >= 0.6 is 33.9 Å². The molecule has 0 spiro atoms. The van der Waals surface area contributed by atoms with Crippen LogP contribution in [0.25, 0.3) is 0 Å². The zero-order valence-corrected chi connectivity index (χ0v) is 13.3. The summed E-state index contributed by atoms with van der Waals surface area (Å²) in [5.74, 6) is -0.996. The van der Waals surface area contributed by atoms with Gasteiger partial charge in [0.1, 0.15) is 0 Å². The summed E-state index contributed by atoms with van der Waals surface area (Å²) in [5, 5.41) is 10.7. The maximum absolute atomic E-state index is 12.4. The first kappa shape index (κ1) is 14.7. The summed E-state index contributed by atoms with van der Waals surface area (Å²) in [4.78, 5) is 24.9. The Labute approximate surface area is 128 Å². The van der Waals surface area contributed by atoms with E-state index in [0.29, 0.717) is 18.5 Å². The smallest absolute Gasteiger partial charge is 0.305 e. The van der Waals surface area contributed by atoms with Gasteiger partial charge in [-0.2, -0.15) is 0 Å². The van der Waals surface area contributed by atoms with Crippen LogP contribution in [0.2, 0.25) is 0 Å². The Morgan fingerprint density at radius 2 is 2.37 bits per heavy atom. The second kappa shape index (κ2) is 6.19. The van der Waals surface area contributed by atoms with Gasteiger partial charge >= 0.3 is 5.97 Å². The van der Waals surface area contributed by atoms with Crippen LogP contribution in [-0.4, -0.2) is 47.7 Å². The molecule has 0 radical (unpaired) electrons. The summed E-state index contributed by atoms with van der Waals surface area (Å²) >= 11 is 3.67. The maximum atomic E-state index is 12.4. The minimum atomic E-state index is -0.889. The highest BCUT2D eigenvalue weighted by Gasteiger charge is 2.37. The third-order valence-corrected chi connectivity index (χ3v) is 4.98. The van der Waals surface area contributed by atoms with Gasteiger partial charge in [0.25, 0.3) is 5.91 Å². The van der Waals surface area contributed by atoms with Gasteiger partial charge in [0.2, 0.25) is 0 Å². The fourth-order valence-electron chi connectivity index (χ4n) is 2.28. The molecule has 1 N–H and O–H groups in total. The van der Waals surface area contributed by atoms with Crippen molar-refractivity contribution >= 4 is 45.8 Å². The van der Waals surface area contributed by atoms with Crippen molar-refractivity contribution in [3.63, 3.8) is 0 Å². The number of hydrogen-bond acceptors (Lipinski definition) is 4. The molecular formula is C12H14INO4S. The highest BCUT2D eigenvalue weighted by atomic mass is 127. The number of nitrogens with zero attached hydrogens (tertiary/aromatic N) is 1. The molecule has 1 aromatic heterocycles. The first-order chi connectivity index (χ1) is 9.01. The predicted octanol–water partition coefficient (Wildman–Crippen LogP) is 2.06. The van der Waals surface area contributed by atoms with Gasteiger partial charge in [0.05, 0.1) is 21.0 Å². The molecule has 5 nitrogen and oxygen atoms in total. The molecule has 1 fully saturated rings. The number of methoxy groups -OCH3 is 1. The molecule has 0 aliphatic carbocycles. The minimum absolute atomic E-state index is 0.0349. The molecule has 2 unspecified atom stereocenters. The molecule has 2 atom stereocenters. The number of likely N-dealkylation sites (tertiary alicyclic amines) is 1. The number of amides is 1. The van der Waals surface area contributed by atoms with Crippen molar-refractivity contribution in [2.24, 2.45) is 0 Å². The van der Waals surface area contributed by atoms with Gasteiger partial charge in [0, 0.05) is 25.1 Å². The number of carbonyl (C=O) groups is 2. The number of halogens is 1. The molecule has 2 rings (SSSR count). The molecule has 1 amide bonds. The molecule has 19 heavy (non-hydrogen) atoms. The lowest BCUT2D eigenvalue weighted by Gasteiger charge is -2.22. The summed E-state index contributed by atoms with van der Waals surface area (Å²) in [6.45, 7) is 0.458. The number of aliphatic carboxylic acids is 1. The van der Waals surface area contributed by atoms with Crippen LogP contribution in [0.1, 0.15) is 23.2 Å². The summed E-state index contributed by atoms with van der Waals surface area (Å²) in [5.41, 5.74) is 0.626. The van der Waals surface area contributed by atoms with Crippen molar-refractivity contribution in [3.05, 3.63) is 19.9 Å². The molecule has 7 heteroatoms. The molecule has 0 bridgehead atoms. The maximum Gasteiger partial charge on any atom is 0.305 e. The van der Waals surface area contributed by atoms with Crippen LogP contribution in [-0.2, 0) is 9.53 Å². The highest BCUT2D eigenvalue weighted by Crippen LogP contribution is 2.26. The number of thiophene rings is 1. The van der Waals surface area contributed by atoms with Crippen molar-refractivity contribution in [2.75, 3.05) is 13.7 Å². The molecule has 0 saturated carbocycles. The number of carboxylic acid groups (broad SMARTS) is 1. The third kappa shape index (κ3) is 3.46. The van der Waals surface area contributed by atoms with Crippen molar-refractivity contribution in [2.45, 2.75) is 25.0 Å². The van der Waals surface area contributed by atoms with Crippen molar-refractivity contribution in [1.29, 1.82) is 0 Å². The highest BCUT2D eigenvalue weighted by molar-refractivity contribution is 14.1. The molecule has 1 saturated heterocycles. The van der Waals surface area contributed by atoms with Crippen LogP contribution in [0.15, 0.2) is 11.4 Å². The number of carbonyl (C=O) groups excluding carboxylic acids is 1. The van der Waals surface area contributed by atoms with E-state index in [0.717, 1.165) is 2.88 Å². The summed E-state index contributed by atoms with van der Waals surface area (Å²) in [6.07, 6.45) is 0.466. The average molecular weight is 395 g/mol. The van der Waals surface area contributed by atoms with Crippen LogP contribution < -0.4 is 0 Å². The molecule has 0 aromatic carbocycles. The van der Waals surface area contributed by atoms with Gasteiger partial charge in [-0.25, -0.2) is 0 Å². The summed E-state index contributed by atoms with van der Waals surface area (Å²) in [7, 11) is 1.59. The fourth-order valence-corrected chi connectivity index (χ4v) is 3.60. The SMILES string of the molecule is COC1CC(CC(=O)O)N(C(=O)c2csc(I)c2)C1. The molecule has 2 heterocycles. The van der Waals surface area contributed by atoms with E-state index in [1.807, 2.05) is 11.4 Å². The first-order valence-electron chi connectivity index (χ1n) is 5.81. The number of carboxylic acids is 1. The Morgan fingerprint density at radius 1 is 1.63 bits per heavy atom. The van der Waals surface area contributed by atoms with Gasteiger partial charge < -0.3 is 14.7 Å². The van der Waals surface area contributed by atoms with E-state index >= 15 is 0 Å². The van der Waals surface area contributed by atoms with E-state index in [1.165, 1.54) is 11.3 Å². The number of hydrogen-bond donors (Lipinski definition) is 1. The zero-order valence-electron chi connectivity index (χ0n) is 10.3. The van der Waals surface area contributed by atoms with Gasteiger partial charge in [-0.05, 0) is 35.1 Å². The van der Waals surface area contributed by atoms with Crippen molar-refractivity contribution < 1.29 is 19.4 Å². The standard InChI is InChI=1S/C12H14INO4S/c1-18-9-3-8(4-11(15)16)14(5-9)12(17)7-2-10(13)19-6-7/h2,6,8-9H,3-5H2,1H3,(H,15,16). The Balaban J connectivity index is 2.15. The summed E-state index contributed by atoms with van der Waals surface area (Å²) < 4.78 is 6.30. The van der Waals surface area contributed by atoms with Crippen molar-refractivity contribution in [1.82, 2.24) is 4.90 Å². The second-order valence-corrected chi connectivity index (χ2v) is 7.25. The van der Waals surface area contributed by atoms with Crippen LogP contribution in [0, 0.1) is 2.88 Å². The first-order valence-corrected chi connectivity index (χ1v) is 7.76. The van der Waals surface area contributed by atoms with Crippen molar-refractivity contribution in [3.8, 4) is 0 Å². The fraction of sp³-hybridized carbons (Fsp3) is 0.500. The molecule has 1 aliphatic rings. The van der Waals surface area contributed by atoms with E-state index < -0.39 is 5.97 Å². The number of ether oxygens (including phenoxy) is 1. The number of rotatable bonds is 4. The molecule has 1 aliphatic heterocycles. The van der Waals surface area contributed by atoms with E-state index in [9.17, 15) is 9.59 Å². The van der Waals surface area contributed by atoms with E-state index in [2.05, 4.69) is 22.6 Å². The Bertz CT molecular complexity index is 490. The topological polar surface area (TPSA) is 66.8 Å². The Kier molecular flexibility index (Phi) is 4.80. The lowest BCUT2D eigenvalue weighted by molar-refractivity contribution is -0.137. The molecule has 1 aromatic rings. The molecule has 104 valence electrons. The van der Waals surface area contributed by atoms with Crippen LogP contribution in [0.3, 0.4) is 0 Å². The Morgan fingerprint density at radius 3 is 2.89 bits per heavy atom. The van der Waals surface area contributed by atoms with Gasteiger partial charge in [0.15, 0.2) is 0 Å². The van der Waals surface area contributed by atoms with E-state index in [1.54, 1.807) is 12.0 Å². The summed E-state index contributed by atoms with van der Waals surface area (Å²) in [6, 6.07) is 1.54. The Hall–Kier alpha value is -0.670.